The molecule has 0 atom stereocenters. The molecule has 6 nitrogen and oxygen atoms in total. The van der Waals surface area contributed by atoms with Crippen molar-refractivity contribution in [2.75, 3.05) is 10.7 Å². The molecule has 2 aromatic heterocycles. The maximum Gasteiger partial charge on any atom is 0.228 e. The third kappa shape index (κ3) is 2.91. The fourth-order valence-electron chi connectivity index (χ4n) is 2.64. The summed E-state index contributed by atoms with van der Waals surface area (Å²) < 4.78 is 0. The molecule has 0 unspecified atom stereocenters. The Balaban J connectivity index is 1.64. The summed E-state index contributed by atoms with van der Waals surface area (Å²) >= 11 is 0. The van der Waals surface area contributed by atoms with Gasteiger partial charge in [0.05, 0.1) is 11.9 Å². The van der Waals surface area contributed by atoms with Gasteiger partial charge in [-0.1, -0.05) is 12.1 Å². The maximum atomic E-state index is 11.8. The van der Waals surface area contributed by atoms with Gasteiger partial charge in [0.2, 0.25) is 5.91 Å². The first-order valence-electron chi connectivity index (χ1n) is 7.85. The zero-order valence-corrected chi connectivity index (χ0v) is 13.0. The van der Waals surface area contributed by atoms with Crippen LogP contribution in [0.3, 0.4) is 0 Å². The molecule has 0 saturated heterocycles. The smallest absolute Gasteiger partial charge is 0.228 e. The summed E-state index contributed by atoms with van der Waals surface area (Å²) in [6.07, 6.45) is 7.20. The van der Waals surface area contributed by atoms with Crippen molar-refractivity contribution in [1.29, 1.82) is 0 Å². The first kappa shape index (κ1) is 14.6. The predicted molar refractivity (Wildman–Crippen MR) is 94.1 cm³/mol. The number of hydrazine groups is 1. The number of hydrogen-bond donors (Lipinski definition) is 3. The average molecular weight is 319 g/mol. The number of nitrogens with one attached hydrogen (secondary N) is 2. The highest BCUT2D eigenvalue weighted by molar-refractivity contribution is 5.96. The quantitative estimate of drug-likeness (QED) is 0.508. The van der Waals surface area contributed by atoms with Gasteiger partial charge < -0.3 is 10.7 Å². The number of carbonyl (C=O) groups excluding carboxylic acids is 1. The lowest BCUT2D eigenvalue weighted by atomic mass is 10.0. The van der Waals surface area contributed by atoms with E-state index in [-0.39, 0.29) is 11.8 Å². The van der Waals surface area contributed by atoms with Gasteiger partial charge in [-0.3, -0.25) is 15.6 Å². The summed E-state index contributed by atoms with van der Waals surface area (Å²) in [4.78, 5) is 20.4. The lowest BCUT2D eigenvalue weighted by molar-refractivity contribution is -0.117. The van der Waals surface area contributed by atoms with Crippen LogP contribution in [-0.4, -0.2) is 15.9 Å². The first-order chi connectivity index (χ1) is 11.7. The maximum absolute atomic E-state index is 11.8. The monoisotopic (exact) mass is 319 g/mol. The first-order valence-corrected chi connectivity index (χ1v) is 7.85. The molecule has 120 valence electrons. The molecule has 1 aromatic carbocycles. The molecule has 2 heterocycles. The summed E-state index contributed by atoms with van der Waals surface area (Å²) in [6.45, 7) is 0. The topological polar surface area (TPSA) is 92.9 Å². The highest BCUT2D eigenvalue weighted by Gasteiger charge is 2.29. The molecule has 0 aliphatic heterocycles. The normalized spacial score (nSPS) is 13.7. The number of carbonyl (C=O) groups is 1. The second-order valence-electron chi connectivity index (χ2n) is 6.00. The Labute approximate surface area is 139 Å². The van der Waals surface area contributed by atoms with Crippen molar-refractivity contribution in [2.45, 2.75) is 12.8 Å². The second-order valence-corrected chi connectivity index (χ2v) is 6.00. The van der Waals surface area contributed by atoms with Crippen molar-refractivity contribution in [3.05, 3.63) is 48.9 Å². The minimum absolute atomic E-state index is 0.0654. The van der Waals surface area contributed by atoms with Gasteiger partial charge in [0.25, 0.3) is 0 Å². The van der Waals surface area contributed by atoms with E-state index in [0.29, 0.717) is 5.82 Å². The Hall–Kier alpha value is -2.99. The van der Waals surface area contributed by atoms with Gasteiger partial charge in [-0.25, -0.2) is 4.98 Å². The Morgan fingerprint density at radius 1 is 1.04 bits per heavy atom. The zero-order valence-electron chi connectivity index (χ0n) is 13.0. The molecule has 1 aliphatic carbocycles. The van der Waals surface area contributed by atoms with Gasteiger partial charge >= 0.3 is 0 Å². The summed E-state index contributed by atoms with van der Waals surface area (Å²) in [6, 6.07) is 9.92. The molecule has 6 heteroatoms. The Morgan fingerprint density at radius 2 is 1.92 bits per heavy atom. The van der Waals surface area contributed by atoms with Crippen LogP contribution in [0.2, 0.25) is 0 Å². The van der Waals surface area contributed by atoms with Crippen LogP contribution in [0, 0.1) is 5.92 Å². The molecule has 0 bridgehead atoms. The minimum atomic E-state index is 0.0654. The molecule has 0 spiro atoms. The van der Waals surface area contributed by atoms with Crippen molar-refractivity contribution in [3.63, 3.8) is 0 Å². The lowest BCUT2D eigenvalue weighted by Crippen LogP contribution is -2.14. The predicted octanol–water partition coefficient (Wildman–Crippen LogP) is 2.93. The number of rotatable bonds is 4. The van der Waals surface area contributed by atoms with E-state index < -0.39 is 0 Å². The van der Waals surface area contributed by atoms with E-state index in [1.807, 2.05) is 30.3 Å². The zero-order chi connectivity index (χ0) is 16.5. The fraction of sp³-hybridized carbons (Fsp3) is 0.167. The molecular weight excluding hydrogens is 302 g/mol. The summed E-state index contributed by atoms with van der Waals surface area (Å²) in [5.74, 6) is 6.27. The highest BCUT2D eigenvalue weighted by Crippen LogP contribution is 2.30. The highest BCUT2D eigenvalue weighted by atomic mass is 16.2. The molecular formula is C18H17N5O. The van der Waals surface area contributed by atoms with E-state index in [0.717, 1.165) is 40.4 Å². The van der Waals surface area contributed by atoms with Crippen LogP contribution in [0.1, 0.15) is 12.8 Å². The van der Waals surface area contributed by atoms with Crippen LogP contribution < -0.4 is 16.6 Å². The number of benzene rings is 1. The van der Waals surface area contributed by atoms with Crippen molar-refractivity contribution in [1.82, 2.24) is 9.97 Å². The molecule has 4 N–H and O–H groups in total. The summed E-state index contributed by atoms with van der Waals surface area (Å²) in [7, 11) is 0. The number of nitrogens with zero attached hydrogens (tertiary/aromatic N) is 2. The lowest BCUT2D eigenvalue weighted by Gasteiger charge is -2.08. The Bertz CT molecular complexity index is 920. The summed E-state index contributed by atoms with van der Waals surface area (Å²) in [5.41, 5.74) is 5.35. The number of nitrogens with two attached hydrogens (primary N) is 1. The molecule has 1 amide bonds. The van der Waals surface area contributed by atoms with Crippen LogP contribution >= 0.6 is 0 Å². The van der Waals surface area contributed by atoms with Crippen molar-refractivity contribution < 1.29 is 4.79 Å². The molecule has 1 aliphatic rings. The standard InChI is InChI=1S/C18H17N5O/c19-23-16-6-15(8-20-10-16)12-3-4-13-7-17(21-9-14(13)5-12)22-18(24)11-1-2-11/h3-11,23H,1-2,19H2,(H,21,22,24). The van der Waals surface area contributed by atoms with Crippen molar-refractivity contribution in [2.24, 2.45) is 11.8 Å². The van der Waals surface area contributed by atoms with Gasteiger partial charge in [0.1, 0.15) is 5.82 Å². The largest absolute Gasteiger partial charge is 0.323 e. The van der Waals surface area contributed by atoms with Gasteiger partial charge in [0, 0.05) is 29.3 Å². The van der Waals surface area contributed by atoms with Crippen LogP contribution in [0.5, 0.6) is 0 Å². The molecule has 3 aromatic rings. The number of aromatic nitrogens is 2. The van der Waals surface area contributed by atoms with E-state index in [9.17, 15) is 4.79 Å². The number of hydrogen-bond acceptors (Lipinski definition) is 5. The molecule has 4 rings (SSSR count). The third-order valence-electron chi connectivity index (χ3n) is 4.16. The number of amides is 1. The average Bonchev–Trinajstić information content (AvgIpc) is 3.46. The summed E-state index contributed by atoms with van der Waals surface area (Å²) in [5, 5.41) is 4.91. The Morgan fingerprint density at radius 3 is 2.71 bits per heavy atom. The van der Waals surface area contributed by atoms with Gasteiger partial charge in [-0.05, 0) is 42.0 Å². The number of anilines is 2. The molecule has 1 fully saturated rings. The van der Waals surface area contributed by atoms with E-state index in [4.69, 9.17) is 5.84 Å². The Kier molecular flexibility index (Phi) is 3.59. The van der Waals surface area contributed by atoms with Gasteiger partial charge in [-0.15, -0.1) is 0 Å². The number of nitrogen functional groups attached to an aromatic ring is 1. The van der Waals surface area contributed by atoms with Crippen LogP contribution in [0.25, 0.3) is 21.9 Å². The fourth-order valence-corrected chi connectivity index (χ4v) is 2.64. The van der Waals surface area contributed by atoms with E-state index in [1.54, 1.807) is 18.6 Å². The third-order valence-corrected chi connectivity index (χ3v) is 4.16. The van der Waals surface area contributed by atoms with Crippen molar-refractivity contribution in [3.8, 4) is 11.1 Å². The van der Waals surface area contributed by atoms with Gasteiger partial charge in [-0.2, -0.15) is 0 Å². The second kappa shape index (κ2) is 5.90. The van der Waals surface area contributed by atoms with Crippen LogP contribution in [0.15, 0.2) is 48.9 Å². The van der Waals surface area contributed by atoms with E-state index >= 15 is 0 Å². The number of pyridine rings is 2. The number of fused-ring (bicyclic) bond motifs is 1. The van der Waals surface area contributed by atoms with Crippen molar-refractivity contribution >= 4 is 28.2 Å². The van der Waals surface area contributed by atoms with E-state index in [1.165, 1.54) is 0 Å². The SMILES string of the molecule is NNc1cncc(-c2ccc3cc(NC(=O)C4CC4)ncc3c2)c1. The van der Waals surface area contributed by atoms with Crippen LogP contribution in [0.4, 0.5) is 11.5 Å². The minimum Gasteiger partial charge on any atom is -0.323 e. The molecule has 1 saturated carbocycles. The molecule has 0 radical (unpaired) electrons. The molecule has 24 heavy (non-hydrogen) atoms. The van der Waals surface area contributed by atoms with Gasteiger partial charge in [0.15, 0.2) is 0 Å². The van der Waals surface area contributed by atoms with E-state index in [2.05, 4.69) is 20.7 Å². The van der Waals surface area contributed by atoms with Crippen LogP contribution in [-0.2, 0) is 4.79 Å².